The monoisotopic (exact) mass is 353 g/mol. The Bertz CT molecular complexity index is 956. The van der Waals surface area contributed by atoms with E-state index < -0.39 is 0 Å². The van der Waals surface area contributed by atoms with Crippen LogP contribution in [0.4, 0.5) is 0 Å². The van der Waals surface area contributed by atoms with Gasteiger partial charge in [-0.05, 0) is 42.8 Å². The Kier molecular flexibility index (Phi) is 4.93. The van der Waals surface area contributed by atoms with Gasteiger partial charge < -0.3 is 19.2 Å². The van der Waals surface area contributed by atoms with Crippen molar-refractivity contribution in [2.24, 2.45) is 0 Å². The fourth-order valence-corrected chi connectivity index (χ4v) is 2.78. The second-order valence-electron chi connectivity index (χ2n) is 5.80. The number of aromatic amines is 1. The summed E-state index contributed by atoms with van der Waals surface area (Å²) in [6, 6.07) is 12.5. The molecule has 134 valence electrons. The maximum Gasteiger partial charge on any atom is 0.340 e. The number of carbonyl (C=O) groups is 2. The Hall–Kier alpha value is -3.28. The van der Waals surface area contributed by atoms with E-state index in [2.05, 4.69) is 9.72 Å². The number of methoxy groups -OCH3 is 2. The number of aryl methyl sites for hydroxylation is 1. The first-order chi connectivity index (χ1) is 12.5. The van der Waals surface area contributed by atoms with Crippen molar-refractivity contribution in [3.05, 3.63) is 64.8 Å². The molecule has 0 saturated heterocycles. The fraction of sp³-hybridized carbons (Fsp3) is 0.200. The molecule has 3 aromatic rings. The minimum absolute atomic E-state index is 0.337. The van der Waals surface area contributed by atoms with E-state index in [0.717, 1.165) is 22.2 Å². The van der Waals surface area contributed by atoms with Crippen molar-refractivity contribution in [3.8, 4) is 5.75 Å². The SMILES string of the molecule is COC(=O)c1ccc(COc2ccc3[nH]c(C)c(C(=O)OC)c3c2)cc1. The van der Waals surface area contributed by atoms with E-state index in [0.29, 0.717) is 23.5 Å². The lowest BCUT2D eigenvalue weighted by Crippen LogP contribution is -2.02. The van der Waals surface area contributed by atoms with E-state index in [1.807, 2.05) is 37.3 Å². The fourth-order valence-electron chi connectivity index (χ4n) is 2.78. The molecule has 0 bridgehead atoms. The molecule has 0 spiro atoms. The molecule has 26 heavy (non-hydrogen) atoms. The predicted octanol–water partition coefficient (Wildman–Crippen LogP) is 3.63. The van der Waals surface area contributed by atoms with Gasteiger partial charge in [-0.15, -0.1) is 0 Å². The van der Waals surface area contributed by atoms with Crippen LogP contribution in [-0.2, 0) is 16.1 Å². The highest BCUT2D eigenvalue weighted by Crippen LogP contribution is 2.27. The second-order valence-corrected chi connectivity index (χ2v) is 5.80. The molecule has 0 unspecified atom stereocenters. The van der Waals surface area contributed by atoms with E-state index in [-0.39, 0.29) is 11.9 Å². The number of rotatable bonds is 5. The number of esters is 2. The zero-order valence-corrected chi connectivity index (χ0v) is 14.8. The predicted molar refractivity (Wildman–Crippen MR) is 96.5 cm³/mol. The Balaban J connectivity index is 1.79. The third-order valence-electron chi connectivity index (χ3n) is 4.13. The van der Waals surface area contributed by atoms with Crippen LogP contribution in [0.25, 0.3) is 10.9 Å². The molecule has 1 heterocycles. The number of hydrogen-bond donors (Lipinski definition) is 1. The number of benzene rings is 2. The molecule has 1 N–H and O–H groups in total. The topological polar surface area (TPSA) is 77.6 Å². The second kappa shape index (κ2) is 7.31. The summed E-state index contributed by atoms with van der Waals surface area (Å²) >= 11 is 0. The van der Waals surface area contributed by atoms with Gasteiger partial charge in [-0.3, -0.25) is 0 Å². The van der Waals surface area contributed by atoms with E-state index in [9.17, 15) is 9.59 Å². The van der Waals surface area contributed by atoms with Gasteiger partial charge in [0.1, 0.15) is 12.4 Å². The van der Waals surface area contributed by atoms with Gasteiger partial charge in [0, 0.05) is 16.6 Å². The molecule has 0 aliphatic heterocycles. The number of aromatic nitrogens is 1. The molecular weight excluding hydrogens is 334 g/mol. The zero-order chi connectivity index (χ0) is 18.7. The Morgan fingerprint density at radius 1 is 0.962 bits per heavy atom. The van der Waals surface area contributed by atoms with Crippen LogP contribution >= 0.6 is 0 Å². The summed E-state index contributed by atoms with van der Waals surface area (Å²) in [5, 5.41) is 0.757. The zero-order valence-electron chi connectivity index (χ0n) is 14.8. The third-order valence-corrected chi connectivity index (χ3v) is 4.13. The molecule has 0 amide bonds. The number of ether oxygens (including phenoxy) is 3. The lowest BCUT2D eigenvalue weighted by Gasteiger charge is -2.08. The average Bonchev–Trinajstić information content (AvgIpc) is 3.00. The summed E-state index contributed by atoms with van der Waals surface area (Å²) in [5.41, 5.74) is 3.51. The van der Waals surface area contributed by atoms with E-state index in [4.69, 9.17) is 9.47 Å². The van der Waals surface area contributed by atoms with Gasteiger partial charge in [-0.25, -0.2) is 9.59 Å². The van der Waals surface area contributed by atoms with Crippen molar-refractivity contribution in [1.82, 2.24) is 4.98 Å². The average molecular weight is 353 g/mol. The molecule has 0 radical (unpaired) electrons. The largest absolute Gasteiger partial charge is 0.489 e. The Morgan fingerprint density at radius 3 is 2.31 bits per heavy atom. The molecule has 3 rings (SSSR count). The first kappa shape index (κ1) is 17.5. The summed E-state index contributed by atoms with van der Waals surface area (Å²) < 4.78 is 15.4. The molecule has 0 atom stereocenters. The molecule has 6 nitrogen and oxygen atoms in total. The molecule has 0 aliphatic rings. The van der Waals surface area contributed by atoms with Crippen LogP contribution in [-0.4, -0.2) is 31.1 Å². The molecule has 6 heteroatoms. The standard InChI is InChI=1S/C20H19NO5/c1-12-18(20(23)25-3)16-10-15(8-9-17(16)21-12)26-11-13-4-6-14(7-5-13)19(22)24-2/h4-10,21H,11H2,1-3H3. The van der Waals surface area contributed by atoms with E-state index >= 15 is 0 Å². The summed E-state index contributed by atoms with van der Waals surface area (Å²) in [6.07, 6.45) is 0. The smallest absolute Gasteiger partial charge is 0.340 e. The van der Waals surface area contributed by atoms with Crippen LogP contribution < -0.4 is 4.74 Å². The summed E-state index contributed by atoms with van der Waals surface area (Å²) in [4.78, 5) is 26.6. The minimum atomic E-state index is -0.385. The van der Waals surface area contributed by atoms with E-state index in [1.165, 1.54) is 14.2 Å². The molecule has 2 aromatic carbocycles. The van der Waals surface area contributed by atoms with Crippen LogP contribution in [0.1, 0.15) is 32.0 Å². The highest BCUT2D eigenvalue weighted by Gasteiger charge is 2.17. The number of fused-ring (bicyclic) bond motifs is 1. The quantitative estimate of drug-likeness (QED) is 0.709. The van der Waals surface area contributed by atoms with Crippen LogP contribution in [0.2, 0.25) is 0 Å². The Morgan fingerprint density at radius 2 is 1.65 bits per heavy atom. The summed E-state index contributed by atoms with van der Waals surface area (Å²) in [6.45, 7) is 2.17. The normalized spacial score (nSPS) is 10.6. The van der Waals surface area contributed by atoms with Gasteiger partial charge in [0.15, 0.2) is 0 Å². The van der Waals surface area contributed by atoms with Crippen molar-refractivity contribution in [1.29, 1.82) is 0 Å². The lowest BCUT2D eigenvalue weighted by atomic mass is 10.1. The number of H-pyrrole nitrogens is 1. The minimum Gasteiger partial charge on any atom is -0.489 e. The van der Waals surface area contributed by atoms with Gasteiger partial charge in [0.05, 0.1) is 25.3 Å². The number of hydrogen-bond acceptors (Lipinski definition) is 5. The van der Waals surface area contributed by atoms with Gasteiger partial charge in [0.25, 0.3) is 0 Å². The first-order valence-electron chi connectivity index (χ1n) is 8.04. The van der Waals surface area contributed by atoms with Crippen molar-refractivity contribution in [3.63, 3.8) is 0 Å². The molecular formula is C20H19NO5. The van der Waals surface area contributed by atoms with Crippen molar-refractivity contribution in [2.75, 3.05) is 14.2 Å². The van der Waals surface area contributed by atoms with Crippen molar-refractivity contribution in [2.45, 2.75) is 13.5 Å². The van der Waals surface area contributed by atoms with Crippen LogP contribution in [0.5, 0.6) is 5.75 Å². The van der Waals surface area contributed by atoms with Gasteiger partial charge >= 0.3 is 11.9 Å². The highest BCUT2D eigenvalue weighted by atomic mass is 16.5. The van der Waals surface area contributed by atoms with Crippen molar-refractivity contribution >= 4 is 22.8 Å². The first-order valence-corrected chi connectivity index (χ1v) is 8.04. The molecule has 0 aliphatic carbocycles. The van der Waals surface area contributed by atoms with Gasteiger partial charge in [-0.1, -0.05) is 12.1 Å². The molecule has 1 aromatic heterocycles. The van der Waals surface area contributed by atoms with Crippen LogP contribution in [0.15, 0.2) is 42.5 Å². The lowest BCUT2D eigenvalue weighted by molar-refractivity contribution is 0.0592. The van der Waals surface area contributed by atoms with E-state index in [1.54, 1.807) is 12.1 Å². The number of nitrogens with one attached hydrogen (secondary N) is 1. The third kappa shape index (κ3) is 3.39. The maximum absolute atomic E-state index is 12.0. The molecule has 0 saturated carbocycles. The highest BCUT2D eigenvalue weighted by molar-refractivity contribution is 6.05. The van der Waals surface area contributed by atoms with Gasteiger partial charge in [0.2, 0.25) is 0 Å². The molecule has 0 fully saturated rings. The van der Waals surface area contributed by atoms with Gasteiger partial charge in [-0.2, -0.15) is 0 Å². The van der Waals surface area contributed by atoms with Crippen LogP contribution in [0.3, 0.4) is 0 Å². The summed E-state index contributed by atoms with van der Waals surface area (Å²) in [7, 11) is 2.71. The summed E-state index contributed by atoms with van der Waals surface area (Å²) in [5.74, 6) is -0.121. The van der Waals surface area contributed by atoms with Crippen molar-refractivity contribution < 1.29 is 23.8 Å². The Labute approximate surface area is 150 Å². The van der Waals surface area contributed by atoms with Crippen LogP contribution in [0, 0.1) is 6.92 Å². The maximum atomic E-state index is 12.0. The number of carbonyl (C=O) groups excluding carboxylic acids is 2.